The molecule has 138 valence electrons. The lowest BCUT2D eigenvalue weighted by Crippen LogP contribution is -2.42. The van der Waals surface area contributed by atoms with Gasteiger partial charge in [-0.3, -0.25) is 4.99 Å². The number of unbranched alkanes of at least 4 members (excludes halogenated alkanes) is 3. The lowest BCUT2D eigenvalue weighted by Gasteiger charge is -2.28. The van der Waals surface area contributed by atoms with Crippen LogP contribution in [0.25, 0.3) is 0 Å². The molecule has 1 unspecified atom stereocenters. The van der Waals surface area contributed by atoms with Crippen molar-refractivity contribution in [2.75, 3.05) is 33.2 Å². The molecule has 0 aromatic heterocycles. The van der Waals surface area contributed by atoms with Gasteiger partial charge in [-0.15, -0.1) is 24.0 Å². The summed E-state index contributed by atoms with van der Waals surface area (Å²) in [4.78, 5) is 7.24. The number of hydrogen-bond acceptors (Lipinski definition) is 2. The molecule has 23 heavy (non-hydrogen) atoms. The van der Waals surface area contributed by atoms with Crippen LogP contribution in [0.2, 0.25) is 0 Å². The Morgan fingerprint density at radius 3 is 2.48 bits per heavy atom. The number of nitrogens with one attached hydrogen (secondary N) is 2. The highest BCUT2D eigenvalue weighted by molar-refractivity contribution is 14.0. The Kier molecular flexibility index (Phi) is 14.3. The largest absolute Gasteiger partial charge is 0.357 e. The molecule has 0 saturated carbocycles. The molecular formula is C18H39IN4. The smallest absolute Gasteiger partial charge is 0.191 e. The molecule has 1 heterocycles. The fourth-order valence-electron chi connectivity index (χ4n) is 2.97. The fourth-order valence-corrected chi connectivity index (χ4v) is 2.97. The Hall–Kier alpha value is -0.0400. The number of guanidine groups is 1. The molecule has 1 atom stereocenters. The van der Waals surface area contributed by atoms with Gasteiger partial charge in [0.15, 0.2) is 5.96 Å². The maximum Gasteiger partial charge on any atom is 0.191 e. The first-order valence-electron chi connectivity index (χ1n) is 9.39. The normalized spacial score (nSPS) is 18.3. The molecular weight excluding hydrogens is 399 g/mol. The first kappa shape index (κ1) is 23.0. The Bertz CT molecular complexity index is 301. The van der Waals surface area contributed by atoms with Crippen molar-refractivity contribution in [3.63, 3.8) is 0 Å². The van der Waals surface area contributed by atoms with Gasteiger partial charge in [0, 0.05) is 19.1 Å². The van der Waals surface area contributed by atoms with Crippen molar-refractivity contribution in [3.05, 3.63) is 0 Å². The second kappa shape index (κ2) is 14.3. The van der Waals surface area contributed by atoms with Crippen molar-refractivity contribution >= 4 is 29.9 Å². The highest BCUT2D eigenvalue weighted by Crippen LogP contribution is 2.16. The van der Waals surface area contributed by atoms with Gasteiger partial charge in [-0.05, 0) is 59.2 Å². The highest BCUT2D eigenvalue weighted by atomic mass is 127. The summed E-state index contributed by atoms with van der Waals surface area (Å²) in [6.07, 6.45) is 9.14. The Labute approximate surface area is 161 Å². The molecule has 5 heteroatoms. The average molecular weight is 438 g/mol. The molecule has 2 N–H and O–H groups in total. The van der Waals surface area contributed by atoms with Crippen LogP contribution in [0.15, 0.2) is 4.99 Å². The lowest BCUT2D eigenvalue weighted by molar-refractivity contribution is 0.223. The van der Waals surface area contributed by atoms with E-state index in [1.165, 1.54) is 58.0 Å². The number of aliphatic imine (C=N–C) groups is 1. The maximum atomic E-state index is 4.82. The molecule has 0 aromatic rings. The standard InChI is InChI=1S/C18H38N4.HI/c1-5-7-8-9-10-16(3)21-18(19-6-2)20-15-17-11-13-22(4)14-12-17;/h16-17H,5-15H2,1-4H3,(H2,19,20,21);1H. The molecule has 1 rings (SSSR count). The van der Waals surface area contributed by atoms with Crippen molar-refractivity contribution in [1.82, 2.24) is 15.5 Å². The van der Waals surface area contributed by atoms with E-state index in [0.29, 0.717) is 6.04 Å². The molecule has 1 saturated heterocycles. The van der Waals surface area contributed by atoms with Crippen LogP contribution in [0.1, 0.15) is 65.7 Å². The number of likely N-dealkylation sites (tertiary alicyclic amines) is 1. The van der Waals surface area contributed by atoms with Gasteiger partial charge in [0.05, 0.1) is 0 Å². The molecule has 1 aliphatic heterocycles. The number of halogens is 1. The van der Waals surface area contributed by atoms with Crippen LogP contribution in [-0.2, 0) is 0 Å². The van der Waals surface area contributed by atoms with Gasteiger partial charge >= 0.3 is 0 Å². The second-order valence-electron chi connectivity index (χ2n) is 6.86. The molecule has 0 spiro atoms. The molecule has 0 aromatic carbocycles. The van der Waals surface area contributed by atoms with E-state index in [9.17, 15) is 0 Å². The zero-order valence-electron chi connectivity index (χ0n) is 15.7. The second-order valence-corrected chi connectivity index (χ2v) is 6.86. The summed E-state index contributed by atoms with van der Waals surface area (Å²) in [5, 5.41) is 6.96. The Balaban J connectivity index is 0.00000484. The van der Waals surface area contributed by atoms with E-state index in [2.05, 4.69) is 43.4 Å². The summed E-state index contributed by atoms with van der Waals surface area (Å²) in [6, 6.07) is 0.507. The highest BCUT2D eigenvalue weighted by Gasteiger charge is 2.16. The van der Waals surface area contributed by atoms with E-state index in [4.69, 9.17) is 4.99 Å². The summed E-state index contributed by atoms with van der Waals surface area (Å²) < 4.78 is 0. The topological polar surface area (TPSA) is 39.7 Å². The van der Waals surface area contributed by atoms with Crippen LogP contribution in [0.4, 0.5) is 0 Å². The lowest BCUT2D eigenvalue weighted by atomic mass is 9.97. The van der Waals surface area contributed by atoms with Crippen LogP contribution in [-0.4, -0.2) is 50.1 Å². The minimum Gasteiger partial charge on any atom is -0.357 e. The molecule has 0 aliphatic carbocycles. The van der Waals surface area contributed by atoms with Gasteiger partial charge in [-0.1, -0.05) is 32.6 Å². The van der Waals surface area contributed by atoms with Crippen LogP contribution in [0, 0.1) is 5.92 Å². The van der Waals surface area contributed by atoms with Gasteiger partial charge in [-0.2, -0.15) is 0 Å². The Morgan fingerprint density at radius 2 is 1.87 bits per heavy atom. The number of hydrogen-bond donors (Lipinski definition) is 2. The third-order valence-corrected chi connectivity index (χ3v) is 4.56. The summed E-state index contributed by atoms with van der Waals surface area (Å²) in [6.45, 7) is 11.0. The molecule has 1 fully saturated rings. The zero-order valence-corrected chi connectivity index (χ0v) is 18.1. The average Bonchev–Trinajstić information content (AvgIpc) is 2.51. The van der Waals surface area contributed by atoms with E-state index < -0.39 is 0 Å². The SMILES string of the molecule is CCCCCCC(C)NC(=NCC1CCN(C)CC1)NCC.I. The van der Waals surface area contributed by atoms with E-state index in [1.54, 1.807) is 0 Å². The third-order valence-electron chi connectivity index (χ3n) is 4.56. The predicted molar refractivity (Wildman–Crippen MR) is 113 cm³/mol. The van der Waals surface area contributed by atoms with E-state index in [0.717, 1.165) is 25.0 Å². The van der Waals surface area contributed by atoms with Gasteiger partial charge in [0.25, 0.3) is 0 Å². The fraction of sp³-hybridized carbons (Fsp3) is 0.944. The van der Waals surface area contributed by atoms with Crippen LogP contribution in [0.5, 0.6) is 0 Å². The molecule has 4 nitrogen and oxygen atoms in total. The van der Waals surface area contributed by atoms with E-state index >= 15 is 0 Å². The van der Waals surface area contributed by atoms with Crippen molar-refractivity contribution < 1.29 is 0 Å². The maximum absolute atomic E-state index is 4.82. The van der Waals surface area contributed by atoms with Crippen molar-refractivity contribution in [2.45, 2.75) is 71.8 Å². The first-order valence-corrected chi connectivity index (χ1v) is 9.39. The van der Waals surface area contributed by atoms with Crippen molar-refractivity contribution in [2.24, 2.45) is 10.9 Å². The van der Waals surface area contributed by atoms with Gasteiger partial charge < -0.3 is 15.5 Å². The molecule has 0 bridgehead atoms. The summed E-state index contributed by atoms with van der Waals surface area (Å²) in [7, 11) is 2.21. The van der Waals surface area contributed by atoms with Crippen LogP contribution < -0.4 is 10.6 Å². The summed E-state index contributed by atoms with van der Waals surface area (Å²) in [5.74, 6) is 1.76. The quantitative estimate of drug-likeness (QED) is 0.249. The number of nitrogens with zero attached hydrogens (tertiary/aromatic N) is 2. The van der Waals surface area contributed by atoms with Crippen molar-refractivity contribution in [3.8, 4) is 0 Å². The molecule has 0 amide bonds. The van der Waals surface area contributed by atoms with Crippen molar-refractivity contribution in [1.29, 1.82) is 0 Å². The summed E-state index contributed by atoms with van der Waals surface area (Å²) in [5.41, 5.74) is 0. The van der Waals surface area contributed by atoms with Gasteiger partial charge in [0.1, 0.15) is 0 Å². The van der Waals surface area contributed by atoms with E-state index in [-0.39, 0.29) is 24.0 Å². The predicted octanol–water partition coefficient (Wildman–Crippen LogP) is 3.86. The van der Waals surface area contributed by atoms with Crippen LogP contribution >= 0.6 is 24.0 Å². The zero-order chi connectivity index (χ0) is 16.2. The third kappa shape index (κ3) is 11.2. The Morgan fingerprint density at radius 1 is 1.17 bits per heavy atom. The minimum absolute atomic E-state index is 0. The van der Waals surface area contributed by atoms with Gasteiger partial charge in [0.2, 0.25) is 0 Å². The molecule has 0 radical (unpaired) electrons. The minimum atomic E-state index is 0. The number of rotatable bonds is 9. The first-order chi connectivity index (χ1) is 10.7. The molecule has 1 aliphatic rings. The van der Waals surface area contributed by atoms with Crippen LogP contribution in [0.3, 0.4) is 0 Å². The monoisotopic (exact) mass is 438 g/mol. The van der Waals surface area contributed by atoms with E-state index in [1.807, 2.05) is 0 Å². The van der Waals surface area contributed by atoms with Gasteiger partial charge in [-0.25, -0.2) is 0 Å². The number of piperidine rings is 1. The summed E-state index contributed by atoms with van der Waals surface area (Å²) >= 11 is 0.